The van der Waals surface area contributed by atoms with Gasteiger partial charge in [-0.15, -0.1) is 0 Å². The topological polar surface area (TPSA) is 37.4 Å². The molecule has 2 rings (SSSR count). The van der Waals surface area contributed by atoms with Gasteiger partial charge in [0.25, 0.3) is 0 Å². The molecule has 3 nitrogen and oxygen atoms in total. The van der Waals surface area contributed by atoms with Crippen LogP contribution >= 0.6 is 27.5 Å². The van der Waals surface area contributed by atoms with Gasteiger partial charge in [0.05, 0.1) is 5.02 Å². The molecular weight excluding hydrogens is 350 g/mol. The van der Waals surface area contributed by atoms with Crippen LogP contribution in [0.5, 0.6) is 0 Å². The lowest BCUT2D eigenvalue weighted by molar-refractivity contribution is 0.250. The monoisotopic (exact) mass is 365 g/mol. The molecule has 0 aliphatic heterocycles. The molecule has 0 amide bonds. The first kappa shape index (κ1) is 15.3. The Morgan fingerprint density at radius 3 is 2.58 bits per heavy atom. The van der Waals surface area contributed by atoms with Gasteiger partial charge in [-0.2, -0.15) is 4.31 Å². The zero-order valence-electron chi connectivity index (χ0n) is 10.8. The minimum Gasteiger partial charge on any atom is -0.207 e. The van der Waals surface area contributed by atoms with Gasteiger partial charge < -0.3 is 0 Å². The number of rotatable bonds is 5. The van der Waals surface area contributed by atoms with E-state index in [9.17, 15) is 8.42 Å². The maximum atomic E-state index is 12.6. The molecule has 0 heterocycles. The summed E-state index contributed by atoms with van der Waals surface area (Å²) in [4.78, 5) is 0.193. The SMILES string of the molecule is CCN(CC1CCC1)S(=O)(=O)c1ccc(Br)cc1Cl. The third kappa shape index (κ3) is 3.32. The lowest BCUT2D eigenvalue weighted by Gasteiger charge is -2.31. The summed E-state index contributed by atoms with van der Waals surface area (Å²) in [7, 11) is -3.49. The molecule has 0 bridgehead atoms. The van der Waals surface area contributed by atoms with Crippen LogP contribution in [0, 0.1) is 5.92 Å². The second kappa shape index (κ2) is 6.12. The van der Waals surface area contributed by atoms with Crippen LogP contribution in [-0.2, 0) is 10.0 Å². The Morgan fingerprint density at radius 2 is 2.11 bits per heavy atom. The number of sulfonamides is 1. The van der Waals surface area contributed by atoms with E-state index in [1.54, 1.807) is 18.2 Å². The first-order valence-corrected chi connectivity index (χ1v) is 9.01. The number of halogens is 2. The van der Waals surface area contributed by atoms with Crippen molar-refractivity contribution in [1.29, 1.82) is 0 Å². The Morgan fingerprint density at radius 1 is 1.42 bits per heavy atom. The van der Waals surface area contributed by atoms with Crippen LogP contribution in [0.3, 0.4) is 0 Å². The van der Waals surface area contributed by atoms with Crippen molar-refractivity contribution < 1.29 is 8.42 Å². The minimum atomic E-state index is -3.49. The van der Waals surface area contributed by atoms with Gasteiger partial charge in [0, 0.05) is 17.6 Å². The van der Waals surface area contributed by atoms with Crippen molar-refractivity contribution in [3.63, 3.8) is 0 Å². The number of benzene rings is 1. The van der Waals surface area contributed by atoms with Gasteiger partial charge in [-0.25, -0.2) is 8.42 Å². The van der Waals surface area contributed by atoms with Crippen LogP contribution < -0.4 is 0 Å². The average molecular weight is 367 g/mol. The van der Waals surface area contributed by atoms with E-state index < -0.39 is 10.0 Å². The van der Waals surface area contributed by atoms with Gasteiger partial charge in [0.15, 0.2) is 0 Å². The molecule has 0 unspecified atom stereocenters. The standard InChI is InChI=1S/C13H17BrClNO2S/c1-2-16(9-10-4-3-5-10)19(17,18)13-7-6-11(14)8-12(13)15/h6-8,10H,2-5,9H2,1H3. The Kier molecular flexibility index (Phi) is 4.93. The van der Waals surface area contributed by atoms with Crippen LogP contribution in [0.1, 0.15) is 26.2 Å². The highest BCUT2D eigenvalue weighted by Crippen LogP contribution is 2.31. The molecule has 0 saturated heterocycles. The molecule has 6 heteroatoms. The van der Waals surface area contributed by atoms with E-state index in [4.69, 9.17) is 11.6 Å². The third-order valence-electron chi connectivity index (χ3n) is 3.55. The maximum Gasteiger partial charge on any atom is 0.244 e. The Hall–Kier alpha value is -0.100. The van der Waals surface area contributed by atoms with Gasteiger partial charge in [0.1, 0.15) is 4.90 Å². The van der Waals surface area contributed by atoms with E-state index in [2.05, 4.69) is 15.9 Å². The van der Waals surface area contributed by atoms with E-state index in [0.29, 0.717) is 19.0 Å². The largest absolute Gasteiger partial charge is 0.244 e. The van der Waals surface area contributed by atoms with Gasteiger partial charge in [0.2, 0.25) is 10.0 Å². The van der Waals surface area contributed by atoms with Crippen LogP contribution in [0.25, 0.3) is 0 Å². The van der Waals surface area contributed by atoms with Crippen LogP contribution in [0.2, 0.25) is 5.02 Å². The van der Waals surface area contributed by atoms with Crippen molar-refractivity contribution in [2.24, 2.45) is 5.92 Å². The Balaban J connectivity index is 2.27. The average Bonchev–Trinajstić information content (AvgIpc) is 2.26. The Labute approximate surface area is 128 Å². The first-order chi connectivity index (χ1) is 8.95. The van der Waals surface area contributed by atoms with Gasteiger partial charge >= 0.3 is 0 Å². The maximum absolute atomic E-state index is 12.6. The third-order valence-corrected chi connectivity index (χ3v) is 6.47. The van der Waals surface area contributed by atoms with E-state index in [1.807, 2.05) is 6.92 Å². The fraction of sp³-hybridized carbons (Fsp3) is 0.538. The lowest BCUT2D eigenvalue weighted by atomic mass is 9.85. The Bertz CT molecular complexity index is 558. The van der Waals surface area contributed by atoms with Crippen molar-refractivity contribution in [1.82, 2.24) is 4.31 Å². The predicted molar refractivity (Wildman–Crippen MR) is 80.9 cm³/mol. The molecule has 0 radical (unpaired) electrons. The van der Waals surface area contributed by atoms with Gasteiger partial charge in [-0.1, -0.05) is 40.9 Å². The smallest absolute Gasteiger partial charge is 0.207 e. The fourth-order valence-electron chi connectivity index (χ4n) is 2.18. The summed E-state index contributed by atoms with van der Waals surface area (Å²) in [5.74, 6) is 0.504. The molecule has 1 aromatic carbocycles. The van der Waals surface area contributed by atoms with E-state index in [1.165, 1.54) is 10.7 Å². The molecule has 1 fully saturated rings. The molecule has 19 heavy (non-hydrogen) atoms. The summed E-state index contributed by atoms with van der Waals surface area (Å²) < 4.78 is 27.5. The van der Waals surface area contributed by atoms with Crippen molar-refractivity contribution in [2.45, 2.75) is 31.1 Å². The summed E-state index contributed by atoms with van der Waals surface area (Å²) in [6.07, 6.45) is 3.46. The fourth-order valence-corrected chi connectivity index (χ4v) is 4.72. The first-order valence-electron chi connectivity index (χ1n) is 6.40. The second-order valence-electron chi connectivity index (χ2n) is 4.83. The zero-order chi connectivity index (χ0) is 14.0. The molecule has 0 atom stereocenters. The highest BCUT2D eigenvalue weighted by atomic mass is 79.9. The van der Waals surface area contributed by atoms with Crippen LogP contribution in [-0.4, -0.2) is 25.8 Å². The normalized spacial score (nSPS) is 16.6. The summed E-state index contributed by atoms with van der Waals surface area (Å²) in [6.45, 7) is 2.94. The van der Waals surface area contributed by atoms with Crippen LogP contribution in [0.15, 0.2) is 27.6 Å². The second-order valence-corrected chi connectivity index (χ2v) is 8.06. The van der Waals surface area contributed by atoms with E-state index in [0.717, 1.165) is 17.3 Å². The van der Waals surface area contributed by atoms with E-state index >= 15 is 0 Å². The molecular formula is C13H17BrClNO2S. The molecule has 1 aliphatic rings. The summed E-state index contributed by atoms with van der Waals surface area (Å²) in [6, 6.07) is 4.88. The molecule has 1 saturated carbocycles. The summed E-state index contributed by atoms with van der Waals surface area (Å²) in [5.41, 5.74) is 0. The van der Waals surface area contributed by atoms with Crippen molar-refractivity contribution in [2.75, 3.05) is 13.1 Å². The quantitative estimate of drug-likeness (QED) is 0.792. The summed E-state index contributed by atoms with van der Waals surface area (Å²) >= 11 is 9.35. The predicted octanol–water partition coefficient (Wildman–Crippen LogP) is 3.91. The minimum absolute atomic E-state index is 0.193. The lowest BCUT2D eigenvalue weighted by Crippen LogP contribution is -2.37. The van der Waals surface area contributed by atoms with E-state index in [-0.39, 0.29) is 9.92 Å². The zero-order valence-corrected chi connectivity index (χ0v) is 13.9. The molecule has 0 spiro atoms. The van der Waals surface area contributed by atoms with Crippen molar-refractivity contribution in [3.05, 3.63) is 27.7 Å². The number of nitrogens with zero attached hydrogens (tertiary/aromatic N) is 1. The van der Waals surface area contributed by atoms with Crippen molar-refractivity contribution in [3.8, 4) is 0 Å². The number of hydrogen-bond donors (Lipinski definition) is 0. The van der Waals surface area contributed by atoms with Gasteiger partial charge in [-0.3, -0.25) is 0 Å². The van der Waals surface area contributed by atoms with Crippen molar-refractivity contribution >= 4 is 37.6 Å². The number of hydrogen-bond acceptors (Lipinski definition) is 2. The molecule has 1 aromatic rings. The highest BCUT2D eigenvalue weighted by Gasteiger charge is 2.29. The summed E-state index contributed by atoms with van der Waals surface area (Å²) in [5, 5.41) is 0.265. The molecule has 1 aliphatic carbocycles. The van der Waals surface area contributed by atoms with Gasteiger partial charge in [-0.05, 0) is 37.0 Å². The van der Waals surface area contributed by atoms with Crippen LogP contribution in [0.4, 0.5) is 0 Å². The highest BCUT2D eigenvalue weighted by molar-refractivity contribution is 9.10. The molecule has 106 valence electrons. The molecule has 0 aromatic heterocycles. The molecule has 0 N–H and O–H groups in total.